The number of nitrogens with zero attached hydrogens (tertiary/aromatic N) is 3. The van der Waals surface area contributed by atoms with E-state index in [-0.39, 0.29) is 17.5 Å². The molecule has 2 heterocycles. The zero-order valence-electron chi connectivity index (χ0n) is 18.8. The van der Waals surface area contributed by atoms with E-state index in [1.54, 1.807) is 30.3 Å². The molecule has 0 aliphatic carbocycles. The number of nitrogens with one attached hydrogen (secondary N) is 1. The molecule has 3 aromatic rings. The number of aliphatic imine (C=N–C) groups is 2. The van der Waals surface area contributed by atoms with Crippen molar-refractivity contribution < 1.29 is 35.8 Å². The van der Waals surface area contributed by atoms with Gasteiger partial charge in [0.1, 0.15) is 28.8 Å². The maximum atomic E-state index is 12.8. The first-order chi connectivity index (χ1) is 17.4. The summed E-state index contributed by atoms with van der Waals surface area (Å²) in [5.74, 6) is 0.353. The minimum Gasteiger partial charge on any atom is -0.457 e. The molecule has 1 aliphatic rings. The van der Waals surface area contributed by atoms with E-state index in [0.29, 0.717) is 35.7 Å². The molecule has 1 atom stereocenters. The van der Waals surface area contributed by atoms with Crippen LogP contribution >= 0.6 is 0 Å². The van der Waals surface area contributed by atoms with Crippen LogP contribution in [0.4, 0.5) is 32.0 Å². The van der Waals surface area contributed by atoms with Gasteiger partial charge in [-0.25, -0.2) is 9.98 Å². The molecule has 0 fully saturated rings. The summed E-state index contributed by atoms with van der Waals surface area (Å²) in [5, 5.41) is 3.09. The van der Waals surface area contributed by atoms with Crippen molar-refractivity contribution in [3.8, 4) is 17.2 Å². The summed E-state index contributed by atoms with van der Waals surface area (Å²) in [6.45, 7) is 0. The number of hydrogen-bond acceptors (Lipinski definition) is 7. The van der Waals surface area contributed by atoms with Crippen LogP contribution in [0, 0.1) is 0 Å². The lowest BCUT2D eigenvalue weighted by atomic mass is 10.0. The summed E-state index contributed by atoms with van der Waals surface area (Å²) in [4.78, 5) is 11.8. The van der Waals surface area contributed by atoms with E-state index >= 15 is 0 Å². The average Bonchev–Trinajstić information content (AvgIpc) is 3.00. The highest BCUT2D eigenvalue weighted by atomic mass is 19.4. The number of anilines is 1. The maximum Gasteiger partial charge on any atom is 0.573 e. The molecule has 7 nitrogen and oxygen atoms in total. The molecule has 0 spiro atoms. The first-order valence-corrected chi connectivity index (χ1v) is 10.8. The molecule has 194 valence electrons. The first kappa shape index (κ1) is 25.8. The number of halogens is 6. The summed E-state index contributed by atoms with van der Waals surface area (Å²) in [6, 6.07) is 13.5. The molecular formula is C24H19F6N5O2. The van der Waals surface area contributed by atoms with Crippen LogP contribution in [0.25, 0.3) is 0 Å². The molecule has 13 heteroatoms. The molecule has 0 amide bonds. The van der Waals surface area contributed by atoms with Crippen molar-refractivity contribution in [1.82, 2.24) is 4.98 Å². The van der Waals surface area contributed by atoms with Crippen molar-refractivity contribution in [2.75, 3.05) is 5.32 Å². The van der Waals surface area contributed by atoms with Gasteiger partial charge in [0, 0.05) is 24.4 Å². The minimum absolute atomic E-state index is 0.0177. The lowest BCUT2D eigenvalue weighted by Gasteiger charge is -2.14. The van der Waals surface area contributed by atoms with Crippen molar-refractivity contribution in [3.05, 3.63) is 78.1 Å². The number of nitrogens with two attached hydrogens (primary N) is 1. The Bertz CT molecular complexity index is 1310. The number of alkyl halides is 6. The van der Waals surface area contributed by atoms with Gasteiger partial charge in [-0.1, -0.05) is 12.1 Å². The number of guanidine groups is 1. The van der Waals surface area contributed by atoms with Crippen molar-refractivity contribution in [1.29, 1.82) is 0 Å². The summed E-state index contributed by atoms with van der Waals surface area (Å²) < 4.78 is 85.6. The maximum absolute atomic E-state index is 12.8. The van der Waals surface area contributed by atoms with Crippen LogP contribution in [0.15, 0.2) is 76.8 Å². The smallest absolute Gasteiger partial charge is 0.457 e. The van der Waals surface area contributed by atoms with Crippen LogP contribution < -0.4 is 20.5 Å². The third-order valence-electron chi connectivity index (χ3n) is 5.07. The molecule has 37 heavy (non-hydrogen) atoms. The third-order valence-corrected chi connectivity index (χ3v) is 5.07. The Kier molecular flexibility index (Phi) is 7.23. The van der Waals surface area contributed by atoms with E-state index in [4.69, 9.17) is 10.5 Å². The lowest BCUT2D eigenvalue weighted by Crippen LogP contribution is -2.17. The number of benzene rings is 2. The summed E-state index contributed by atoms with van der Waals surface area (Å²) in [7, 11) is 0. The van der Waals surface area contributed by atoms with Gasteiger partial charge in [0.2, 0.25) is 5.96 Å². The molecule has 0 saturated heterocycles. The van der Waals surface area contributed by atoms with Crippen LogP contribution in [0.3, 0.4) is 0 Å². The third kappa shape index (κ3) is 7.35. The van der Waals surface area contributed by atoms with Gasteiger partial charge in [0.25, 0.3) is 0 Å². The Labute approximate surface area is 206 Å². The van der Waals surface area contributed by atoms with Crippen molar-refractivity contribution in [3.63, 3.8) is 0 Å². The second-order valence-corrected chi connectivity index (χ2v) is 7.85. The van der Waals surface area contributed by atoms with Crippen molar-refractivity contribution in [2.45, 2.75) is 31.4 Å². The Hall–Kier alpha value is -4.29. The Morgan fingerprint density at radius 1 is 0.892 bits per heavy atom. The Balaban J connectivity index is 1.39. The molecule has 3 N–H and O–H groups in total. The van der Waals surface area contributed by atoms with Gasteiger partial charge in [-0.2, -0.15) is 13.2 Å². The van der Waals surface area contributed by atoms with Gasteiger partial charge in [-0.05, 0) is 54.4 Å². The van der Waals surface area contributed by atoms with E-state index in [1.165, 1.54) is 24.3 Å². The fourth-order valence-electron chi connectivity index (χ4n) is 3.51. The van der Waals surface area contributed by atoms with Crippen LogP contribution in [0.1, 0.15) is 30.1 Å². The molecule has 4 rings (SSSR count). The van der Waals surface area contributed by atoms with E-state index < -0.39 is 24.3 Å². The number of rotatable bonds is 5. The molecule has 0 radical (unpaired) electrons. The van der Waals surface area contributed by atoms with Crippen LogP contribution in [-0.4, -0.2) is 23.1 Å². The summed E-state index contributed by atoms with van der Waals surface area (Å²) >= 11 is 0. The lowest BCUT2D eigenvalue weighted by molar-refractivity contribution is -0.274. The normalized spacial score (nSPS) is 16.3. The topological polar surface area (TPSA) is 94.1 Å². The SMILES string of the molecule is NC1=NC(c2cccc(OC(F)(F)F)c2)CCC(Nc2ccc(Oc3ccnc(C(F)(F)F)c3)cc2)=N1. The molecule has 0 bridgehead atoms. The van der Waals surface area contributed by atoms with Gasteiger partial charge in [0.15, 0.2) is 0 Å². The minimum atomic E-state index is -4.81. The number of amidine groups is 1. The van der Waals surface area contributed by atoms with Crippen LogP contribution in [0.5, 0.6) is 17.2 Å². The van der Waals surface area contributed by atoms with Gasteiger partial charge in [-0.15, -0.1) is 13.2 Å². The van der Waals surface area contributed by atoms with Crippen molar-refractivity contribution in [2.24, 2.45) is 15.7 Å². The monoisotopic (exact) mass is 523 g/mol. The number of aromatic nitrogens is 1. The standard InChI is InChI=1S/C24H19F6N5O2/c25-23(26,27)20-13-17(10-11-32-20)36-16-6-4-15(5-7-16)33-21-9-8-19(34-22(31)35-21)14-2-1-3-18(12-14)37-24(28,29)30/h1-7,10-13,19H,8-9H2,(H3,31,33,34,35). The molecular weight excluding hydrogens is 504 g/mol. The summed E-state index contributed by atoms with van der Waals surface area (Å²) in [5.41, 5.74) is 5.94. The van der Waals surface area contributed by atoms with E-state index in [2.05, 4.69) is 25.0 Å². The van der Waals surface area contributed by atoms with Gasteiger partial charge in [0.05, 0.1) is 6.04 Å². The predicted octanol–water partition coefficient (Wildman–Crippen LogP) is 6.45. The molecule has 2 aromatic carbocycles. The fraction of sp³-hybridized carbons (Fsp3) is 0.208. The van der Waals surface area contributed by atoms with Crippen LogP contribution in [-0.2, 0) is 6.18 Å². The predicted molar refractivity (Wildman–Crippen MR) is 124 cm³/mol. The largest absolute Gasteiger partial charge is 0.573 e. The zero-order valence-corrected chi connectivity index (χ0v) is 18.8. The molecule has 1 aromatic heterocycles. The van der Waals surface area contributed by atoms with E-state index in [0.717, 1.165) is 12.3 Å². The number of pyridine rings is 1. The quantitative estimate of drug-likeness (QED) is 0.375. The highest BCUT2D eigenvalue weighted by Gasteiger charge is 2.33. The highest BCUT2D eigenvalue weighted by molar-refractivity contribution is 6.03. The average molecular weight is 523 g/mol. The highest BCUT2D eigenvalue weighted by Crippen LogP contribution is 2.32. The molecule has 1 aliphatic heterocycles. The van der Waals surface area contributed by atoms with Crippen molar-refractivity contribution >= 4 is 17.5 Å². The second kappa shape index (κ2) is 10.4. The van der Waals surface area contributed by atoms with E-state index in [1.807, 2.05) is 0 Å². The van der Waals surface area contributed by atoms with Gasteiger partial charge < -0.3 is 20.5 Å². The number of ether oxygens (including phenoxy) is 2. The van der Waals surface area contributed by atoms with Crippen LogP contribution in [0.2, 0.25) is 0 Å². The first-order valence-electron chi connectivity index (χ1n) is 10.8. The number of hydrogen-bond donors (Lipinski definition) is 2. The zero-order chi connectivity index (χ0) is 26.6. The fourth-order valence-corrected chi connectivity index (χ4v) is 3.51. The summed E-state index contributed by atoms with van der Waals surface area (Å²) in [6.07, 6.45) is -7.59. The Morgan fingerprint density at radius 2 is 1.65 bits per heavy atom. The molecule has 0 saturated carbocycles. The van der Waals surface area contributed by atoms with E-state index in [9.17, 15) is 26.3 Å². The Morgan fingerprint density at radius 3 is 2.35 bits per heavy atom. The second-order valence-electron chi connectivity index (χ2n) is 7.85. The molecule has 1 unspecified atom stereocenters. The van der Waals surface area contributed by atoms with Gasteiger partial charge >= 0.3 is 12.5 Å². The van der Waals surface area contributed by atoms with Gasteiger partial charge in [-0.3, -0.25) is 4.98 Å².